The third-order valence-corrected chi connectivity index (χ3v) is 2.26. The van der Waals surface area contributed by atoms with E-state index in [4.69, 9.17) is 4.89 Å². The van der Waals surface area contributed by atoms with Gasteiger partial charge in [-0.05, 0) is 18.6 Å². The largest absolute Gasteiger partial charge is 0.355 e. The van der Waals surface area contributed by atoms with Gasteiger partial charge in [0, 0.05) is 12.1 Å². The molecule has 0 spiro atoms. The number of hydrogen-bond donors (Lipinski definition) is 0. The van der Waals surface area contributed by atoms with Crippen LogP contribution >= 0.6 is 0 Å². The molecule has 1 rings (SSSR count). The SMILES string of the molecule is CCCCCC(=O)OOc1ccc([N+](=O)[O-])cc1. The molecule has 0 N–H and O–H groups in total. The number of carbonyl (C=O) groups is 1. The number of non-ortho nitro benzene ring substituents is 1. The fourth-order valence-electron chi connectivity index (χ4n) is 1.28. The van der Waals surface area contributed by atoms with Gasteiger partial charge in [0.15, 0.2) is 5.75 Å². The zero-order valence-corrected chi connectivity index (χ0v) is 10.1. The third-order valence-electron chi connectivity index (χ3n) is 2.26. The van der Waals surface area contributed by atoms with Gasteiger partial charge in [0.05, 0.1) is 11.3 Å². The van der Waals surface area contributed by atoms with Crippen molar-refractivity contribution in [2.24, 2.45) is 0 Å². The van der Waals surface area contributed by atoms with E-state index in [1.165, 1.54) is 24.3 Å². The Morgan fingerprint density at radius 3 is 2.50 bits per heavy atom. The first-order valence-corrected chi connectivity index (χ1v) is 5.75. The van der Waals surface area contributed by atoms with Gasteiger partial charge in [-0.25, -0.2) is 4.79 Å². The minimum Gasteiger partial charge on any atom is -0.287 e. The standard InChI is InChI=1S/C12H15NO5/c1-2-3-4-5-12(14)18-17-11-8-6-10(7-9-11)13(15)16/h6-9H,2-5H2,1H3. The molecule has 0 heterocycles. The summed E-state index contributed by atoms with van der Waals surface area (Å²) < 4.78 is 0. The van der Waals surface area contributed by atoms with Gasteiger partial charge < -0.3 is 0 Å². The van der Waals surface area contributed by atoms with Crippen LogP contribution in [-0.4, -0.2) is 10.9 Å². The molecule has 0 aliphatic rings. The van der Waals surface area contributed by atoms with Crippen molar-refractivity contribution in [1.29, 1.82) is 0 Å². The van der Waals surface area contributed by atoms with E-state index in [-0.39, 0.29) is 11.4 Å². The van der Waals surface area contributed by atoms with Crippen LogP contribution < -0.4 is 4.89 Å². The van der Waals surface area contributed by atoms with E-state index in [0.717, 1.165) is 19.3 Å². The maximum Gasteiger partial charge on any atom is 0.355 e. The van der Waals surface area contributed by atoms with Crippen LogP contribution in [0.2, 0.25) is 0 Å². The Kier molecular flexibility index (Phi) is 5.63. The predicted octanol–water partition coefficient (Wildman–Crippen LogP) is 3.01. The van der Waals surface area contributed by atoms with Crippen molar-refractivity contribution in [3.63, 3.8) is 0 Å². The van der Waals surface area contributed by atoms with Gasteiger partial charge in [-0.1, -0.05) is 19.8 Å². The van der Waals surface area contributed by atoms with Crippen molar-refractivity contribution in [3.8, 4) is 5.75 Å². The van der Waals surface area contributed by atoms with E-state index in [1.54, 1.807) is 0 Å². The molecule has 0 saturated carbocycles. The second kappa shape index (κ2) is 7.26. The number of hydrogen-bond acceptors (Lipinski definition) is 5. The van der Waals surface area contributed by atoms with Crippen molar-refractivity contribution in [2.75, 3.05) is 0 Å². The molecule has 0 bridgehead atoms. The van der Waals surface area contributed by atoms with E-state index < -0.39 is 10.9 Å². The monoisotopic (exact) mass is 253 g/mol. The first-order valence-electron chi connectivity index (χ1n) is 5.75. The summed E-state index contributed by atoms with van der Waals surface area (Å²) in [6.45, 7) is 2.04. The molecular weight excluding hydrogens is 238 g/mol. The first-order chi connectivity index (χ1) is 8.63. The van der Waals surface area contributed by atoms with Crippen LogP contribution in [-0.2, 0) is 9.68 Å². The maximum atomic E-state index is 11.2. The molecule has 0 atom stereocenters. The van der Waals surface area contributed by atoms with E-state index >= 15 is 0 Å². The molecule has 0 aliphatic heterocycles. The Balaban J connectivity index is 2.34. The van der Waals surface area contributed by atoms with Crippen LogP contribution in [0.15, 0.2) is 24.3 Å². The highest BCUT2D eigenvalue weighted by molar-refractivity contribution is 5.68. The quantitative estimate of drug-likeness (QED) is 0.323. The van der Waals surface area contributed by atoms with Gasteiger partial charge in [0.2, 0.25) is 0 Å². The zero-order valence-electron chi connectivity index (χ0n) is 10.1. The summed E-state index contributed by atoms with van der Waals surface area (Å²) in [6.07, 6.45) is 3.06. The summed E-state index contributed by atoms with van der Waals surface area (Å²) >= 11 is 0. The number of rotatable bonds is 7. The molecule has 18 heavy (non-hydrogen) atoms. The number of nitrogens with zero attached hydrogens (tertiary/aromatic N) is 1. The number of nitro benzene ring substituents is 1. The van der Waals surface area contributed by atoms with Crippen molar-refractivity contribution < 1.29 is 19.5 Å². The van der Waals surface area contributed by atoms with Crippen molar-refractivity contribution in [2.45, 2.75) is 32.6 Å². The van der Waals surface area contributed by atoms with Gasteiger partial charge in [-0.2, -0.15) is 0 Å². The normalized spacial score (nSPS) is 9.83. The zero-order chi connectivity index (χ0) is 13.4. The molecule has 0 radical (unpaired) electrons. The molecule has 0 amide bonds. The van der Waals surface area contributed by atoms with E-state index in [2.05, 4.69) is 4.89 Å². The van der Waals surface area contributed by atoms with E-state index in [1.807, 2.05) is 6.92 Å². The topological polar surface area (TPSA) is 78.7 Å². The van der Waals surface area contributed by atoms with E-state index in [9.17, 15) is 14.9 Å². The Labute approximate surface area is 105 Å². The van der Waals surface area contributed by atoms with Gasteiger partial charge in [0.25, 0.3) is 5.69 Å². The summed E-state index contributed by atoms with van der Waals surface area (Å²) in [4.78, 5) is 30.4. The van der Waals surface area contributed by atoms with Crippen LogP contribution in [0.4, 0.5) is 5.69 Å². The average molecular weight is 253 g/mol. The lowest BCUT2D eigenvalue weighted by atomic mass is 10.2. The fourth-order valence-corrected chi connectivity index (χ4v) is 1.28. The molecule has 6 nitrogen and oxygen atoms in total. The molecule has 1 aromatic rings. The summed E-state index contributed by atoms with van der Waals surface area (Å²) in [5.41, 5.74) is -0.0448. The fraction of sp³-hybridized carbons (Fsp3) is 0.417. The Morgan fingerprint density at radius 2 is 1.94 bits per heavy atom. The minimum atomic E-state index is -0.513. The molecule has 0 aliphatic carbocycles. The molecular formula is C12H15NO5. The first kappa shape index (κ1) is 14.0. The Morgan fingerprint density at radius 1 is 1.28 bits per heavy atom. The maximum absolute atomic E-state index is 11.2. The molecule has 0 unspecified atom stereocenters. The number of unbranched alkanes of at least 4 members (excludes halogenated alkanes) is 2. The van der Waals surface area contributed by atoms with Crippen LogP contribution in [0.3, 0.4) is 0 Å². The van der Waals surface area contributed by atoms with Crippen molar-refractivity contribution in [3.05, 3.63) is 34.4 Å². The van der Waals surface area contributed by atoms with Gasteiger partial charge >= 0.3 is 5.97 Å². The average Bonchev–Trinajstić information content (AvgIpc) is 2.37. The Bertz CT molecular complexity index is 401. The van der Waals surface area contributed by atoms with Crippen molar-refractivity contribution in [1.82, 2.24) is 0 Å². The lowest BCUT2D eigenvalue weighted by molar-refractivity contribution is -0.384. The van der Waals surface area contributed by atoms with Gasteiger partial charge in [-0.15, -0.1) is 0 Å². The van der Waals surface area contributed by atoms with Crippen LogP contribution in [0.1, 0.15) is 32.6 Å². The highest BCUT2D eigenvalue weighted by Crippen LogP contribution is 2.17. The second-order valence-corrected chi connectivity index (χ2v) is 3.75. The summed E-state index contributed by atoms with van der Waals surface area (Å²) in [5, 5.41) is 10.4. The summed E-state index contributed by atoms with van der Waals surface area (Å²) in [6, 6.07) is 5.30. The number of benzene rings is 1. The minimum absolute atomic E-state index is 0.0448. The van der Waals surface area contributed by atoms with Gasteiger partial charge in [0.1, 0.15) is 0 Å². The summed E-state index contributed by atoms with van der Waals surface area (Å²) in [5.74, 6) is -0.189. The molecule has 1 aromatic carbocycles. The van der Waals surface area contributed by atoms with Crippen LogP contribution in [0, 0.1) is 10.1 Å². The lowest BCUT2D eigenvalue weighted by Crippen LogP contribution is -2.07. The Hall–Kier alpha value is -2.11. The van der Waals surface area contributed by atoms with Crippen molar-refractivity contribution >= 4 is 11.7 Å². The number of nitro groups is 1. The smallest absolute Gasteiger partial charge is 0.287 e. The second-order valence-electron chi connectivity index (χ2n) is 3.75. The molecule has 6 heteroatoms. The molecule has 98 valence electrons. The molecule has 0 aromatic heterocycles. The molecule has 0 saturated heterocycles. The summed E-state index contributed by atoms with van der Waals surface area (Å²) in [7, 11) is 0. The lowest BCUT2D eigenvalue weighted by Gasteiger charge is -2.03. The highest BCUT2D eigenvalue weighted by Gasteiger charge is 2.07. The molecule has 0 fully saturated rings. The van der Waals surface area contributed by atoms with E-state index in [0.29, 0.717) is 6.42 Å². The van der Waals surface area contributed by atoms with Gasteiger partial charge in [-0.3, -0.25) is 19.9 Å². The van der Waals surface area contributed by atoms with Crippen LogP contribution in [0.25, 0.3) is 0 Å². The predicted molar refractivity (Wildman–Crippen MR) is 64.0 cm³/mol. The third kappa shape index (κ3) is 4.82. The van der Waals surface area contributed by atoms with Crippen LogP contribution in [0.5, 0.6) is 5.75 Å². The number of carbonyl (C=O) groups excluding carboxylic acids is 1. The highest BCUT2D eigenvalue weighted by atomic mass is 17.2.